The number of carbonyl (C=O) groups is 2. The van der Waals surface area contributed by atoms with Gasteiger partial charge in [0.05, 0.1) is 0 Å². The summed E-state index contributed by atoms with van der Waals surface area (Å²) in [6.45, 7) is 5.34. The first-order chi connectivity index (χ1) is 24.1. The number of unbranched alkanes of at least 4 members (excludes halogenated alkanes) is 32. The third-order valence-electron chi connectivity index (χ3n) is 10.4. The Hall–Kier alpha value is -1.10. The van der Waals surface area contributed by atoms with Crippen LogP contribution in [0.15, 0.2) is 0 Å². The topological polar surface area (TPSA) is 70.2 Å². The van der Waals surface area contributed by atoms with Gasteiger partial charge in [0, 0.05) is 12.8 Å². The highest BCUT2D eigenvalue weighted by Gasteiger charge is 2.14. The standard InChI is InChI=1S/C44H89N3O2/c1-4-6-8-10-12-14-16-18-20-22-24-26-28-30-32-34-36-38-43(48)46-42(40-41-45-3)47-44(49)39-37-35-33-31-29-27-25-23-21-19-17-15-13-11-9-7-5-2/h42,45H,4-41H2,1-3H3,(H,46,48)(H,47,49). The second-order valence-corrected chi connectivity index (χ2v) is 15.4. The van der Waals surface area contributed by atoms with E-state index in [0.717, 1.165) is 32.2 Å². The molecule has 0 atom stereocenters. The van der Waals surface area contributed by atoms with Crippen LogP contribution in [0.2, 0.25) is 0 Å². The number of hydrogen-bond donors (Lipinski definition) is 3. The van der Waals surface area contributed by atoms with Crippen LogP contribution in [0.4, 0.5) is 0 Å². The first-order valence-electron chi connectivity index (χ1n) is 22.4. The Morgan fingerprint density at radius 2 is 0.592 bits per heavy atom. The Morgan fingerprint density at radius 1 is 0.367 bits per heavy atom. The molecule has 0 saturated carbocycles. The molecule has 0 fully saturated rings. The van der Waals surface area contributed by atoms with E-state index in [1.807, 2.05) is 7.05 Å². The average molecular weight is 692 g/mol. The largest absolute Gasteiger partial charge is 0.336 e. The van der Waals surface area contributed by atoms with Crippen molar-refractivity contribution in [1.29, 1.82) is 0 Å². The van der Waals surface area contributed by atoms with Gasteiger partial charge in [-0.3, -0.25) is 9.59 Å². The fraction of sp³-hybridized carbons (Fsp3) is 0.955. The van der Waals surface area contributed by atoms with Crippen LogP contribution in [0.3, 0.4) is 0 Å². The lowest BCUT2D eigenvalue weighted by Gasteiger charge is -2.20. The molecule has 0 aliphatic rings. The molecule has 0 aromatic heterocycles. The molecule has 0 aromatic rings. The van der Waals surface area contributed by atoms with Gasteiger partial charge < -0.3 is 16.0 Å². The third-order valence-corrected chi connectivity index (χ3v) is 10.4. The smallest absolute Gasteiger partial charge is 0.221 e. The molecule has 3 N–H and O–H groups in total. The SMILES string of the molecule is CCCCCCCCCCCCCCCCCCCC(=O)NC(CCNC)NC(=O)CCCCCCCCCCCCCCCCCCC. The predicted octanol–water partition coefficient (Wildman–Crippen LogP) is 13.2. The van der Waals surface area contributed by atoms with Gasteiger partial charge in [-0.15, -0.1) is 0 Å². The molecular weight excluding hydrogens is 603 g/mol. The highest BCUT2D eigenvalue weighted by molar-refractivity contribution is 5.79. The van der Waals surface area contributed by atoms with E-state index in [1.54, 1.807) is 0 Å². The van der Waals surface area contributed by atoms with Gasteiger partial charge in [0.15, 0.2) is 0 Å². The van der Waals surface area contributed by atoms with Gasteiger partial charge in [-0.1, -0.05) is 219 Å². The zero-order chi connectivity index (χ0) is 35.7. The molecule has 0 heterocycles. The molecule has 292 valence electrons. The Morgan fingerprint density at radius 3 is 0.816 bits per heavy atom. The Kier molecular flexibility index (Phi) is 40.4. The van der Waals surface area contributed by atoms with Gasteiger partial charge >= 0.3 is 0 Å². The molecule has 5 nitrogen and oxygen atoms in total. The van der Waals surface area contributed by atoms with Crippen LogP contribution >= 0.6 is 0 Å². The minimum Gasteiger partial charge on any atom is -0.336 e. The van der Waals surface area contributed by atoms with Crippen molar-refractivity contribution in [3.63, 3.8) is 0 Å². The quantitative estimate of drug-likeness (QED) is 0.0441. The van der Waals surface area contributed by atoms with Crippen molar-refractivity contribution >= 4 is 11.8 Å². The number of carbonyl (C=O) groups excluding carboxylic acids is 2. The minimum absolute atomic E-state index is 0.0696. The Labute approximate surface area is 307 Å². The lowest BCUT2D eigenvalue weighted by molar-refractivity contribution is -0.124. The summed E-state index contributed by atoms with van der Waals surface area (Å²) in [4.78, 5) is 25.2. The van der Waals surface area contributed by atoms with Crippen LogP contribution in [-0.2, 0) is 9.59 Å². The van der Waals surface area contributed by atoms with E-state index in [1.165, 1.54) is 193 Å². The normalized spacial score (nSPS) is 11.4. The number of rotatable bonds is 41. The van der Waals surface area contributed by atoms with Crippen molar-refractivity contribution in [2.24, 2.45) is 0 Å². The van der Waals surface area contributed by atoms with Crippen molar-refractivity contribution in [1.82, 2.24) is 16.0 Å². The molecule has 0 spiro atoms. The predicted molar refractivity (Wildman–Crippen MR) is 216 cm³/mol. The van der Waals surface area contributed by atoms with Crippen molar-refractivity contribution in [2.75, 3.05) is 13.6 Å². The van der Waals surface area contributed by atoms with Crippen molar-refractivity contribution < 1.29 is 9.59 Å². The fourth-order valence-electron chi connectivity index (χ4n) is 7.02. The van der Waals surface area contributed by atoms with Gasteiger partial charge in [-0.05, 0) is 32.9 Å². The van der Waals surface area contributed by atoms with Crippen LogP contribution < -0.4 is 16.0 Å². The molecule has 0 aromatic carbocycles. The maximum atomic E-state index is 12.6. The minimum atomic E-state index is -0.274. The summed E-state index contributed by atoms with van der Waals surface area (Å²) in [7, 11) is 1.91. The lowest BCUT2D eigenvalue weighted by atomic mass is 10.0. The molecule has 0 bridgehead atoms. The van der Waals surface area contributed by atoms with E-state index in [4.69, 9.17) is 0 Å². The van der Waals surface area contributed by atoms with Crippen LogP contribution in [0.1, 0.15) is 251 Å². The van der Waals surface area contributed by atoms with Gasteiger partial charge in [0.25, 0.3) is 0 Å². The second-order valence-electron chi connectivity index (χ2n) is 15.4. The van der Waals surface area contributed by atoms with Crippen molar-refractivity contribution in [3.05, 3.63) is 0 Å². The molecule has 0 aliphatic carbocycles. The summed E-state index contributed by atoms with van der Waals surface area (Å²) in [5, 5.41) is 9.32. The Balaban J connectivity index is 3.66. The van der Waals surface area contributed by atoms with Crippen LogP contribution in [0.25, 0.3) is 0 Å². The first-order valence-corrected chi connectivity index (χ1v) is 22.4. The lowest BCUT2D eigenvalue weighted by Crippen LogP contribution is -2.49. The first kappa shape index (κ1) is 47.9. The summed E-state index contributed by atoms with van der Waals surface area (Å²) in [5.74, 6) is 0.139. The van der Waals surface area contributed by atoms with Crippen LogP contribution in [-0.4, -0.2) is 31.6 Å². The molecule has 49 heavy (non-hydrogen) atoms. The average Bonchev–Trinajstić information content (AvgIpc) is 3.09. The van der Waals surface area contributed by atoms with Gasteiger partial charge in [-0.25, -0.2) is 0 Å². The van der Waals surface area contributed by atoms with E-state index in [-0.39, 0.29) is 18.0 Å². The van der Waals surface area contributed by atoms with Gasteiger partial charge in [0.2, 0.25) is 11.8 Å². The van der Waals surface area contributed by atoms with Crippen molar-refractivity contribution in [2.45, 2.75) is 258 Å². The Bertz CT molecular complexity index is 619. The molecule has 0 unspecified atom stereocenters. The van der Waals surface area contributed by atoms with Crippen molar-refractivity contribution in [3.8, 4) is 0 Å². The molecule has 0 rings (SSSR count). The number of amides is 2. The number of nitrogens with one attached hydrogen (secondary N) is 3. The molecule has 2 amide bonds. The highest BCUT2D eigenvalue weighted by Crippen LogP contribution is 2.16. The summed E-state index contributed by atoms with van der Waals surface area (Å²) < 4.78 is 0. The monoisotopic (exact) mass is 692 g/mol. The second kappa shape index (κ2) is 41.3. The molecular formula is C44H89N3O2. The van der Waals surface area contributed by atoms with E-state index < -0.39 is 0 Å². The fourth-order valence-corrected chi connectivity index (χ4v) is 7.02. The molecule has 5 heteroatoms. The van der Waals surface area contributed by atoms with E-state index in [2.05, 4.69) is 29.8 Å². The summed E-state index contributed by atoms with van der Waals surface area (Å²) in [6.07, 6.45) is 47.3. The maximum absolute atomic E-state index is 12.6. The molecule has 0 aliphatic heterocycles. The zero-order valence-electron chi connectivity index (χ0n) is 33.8. The number of hydrogen-bond acceptors (Lipinski definition) is 3. The maximum Gasteiger partial charge on any atom is 0.221 e. The summed E-state index contributed by atoms with van der Waals surface area (Å²) in [5.41, 5.74) is 0. The summed E-state index contributed by atoms with van der Waals surface area (Å²) >= 11 is 0. The molecule has 0 radical (unpaired) electrons. The van der Waals surface area contributed by atoms with Gasteiger partial charge in [0.1, 0.15) is 6.17 Å². The summed E-state index contributed by atoms with van der Waals surface area (Å²) in [6, 6.07) is 0. The molecule has 0 saturated heterocycles. The highest BCUT2D eigenvalue weighted by atomic mass is 16.2. The third kappa shape index (κ3) is 39.5. The van der Waals surface area contributed by atoms with Crippen LogP contribution in [0, 0.1) is 0 Å². The van der Waals surface area contributed by atoms with E-state index >= 15 is 0 Å². The van der Waals surface area contributed by atoms with Gasteiger partial charge in [-0.2, -0.15) is 0 Å². The van der Waals surface area contributed by atoms with Crippen LogP contribution in [0.5, 0.6) is 0 Å². The van der Waals surface area contributed by atoms with E-state index in [9.17, 15) is 9.59 Å². The van der Waals surface area contributed by atoms with E-state index in [0.29, 0.717) is 19.3 Å². The zero-order valence-corrected chi connectivity index (χ0v) is 33.8.